The average molecular weight is 382 g/mol. The van der Waals surface area contributed by atoms with Crippen molar-refractivity contribution in [1.29, 1.82) is 0 Å². The lowest BCUT2D eigenvalue weighted by Crippen LogP contribution is -2.40. The Labute approximate surface area is 152 Å². The van der Waals surface area contributed by atoms with Crippen molar-refractivity contribution < 1.29 is 27.9 Å². The molecular weight excluding hydrogens is 360 g/mol. The summed E-state index contributed by atoms with van der Waals surface area (Å²) < 4.78 is 32.5. The van der Waals surface area contributed by atoms with E-state index in [0.717, 1.165) is 12.8 Å². The maximum Gasteiger partial charge on any atom is 0.326 e. The molecule has 1 aliphatic carbocycles. The predicted octanol–water partition coefficient (Wildman–Crippen LogP) is 0.689. The number of nitrogens with zero attached hydrogens (tertiary/aromatic N) is 1. The zero-order valence-corrected chi connectivity index (χ0v) is 15.2. The first-order valence-electron chi connectivity index (χ1n) is 8.48. The smallest absolute Gasteiger partial charge is 0.326 e. The maximum absolute atomic E-state index is 12.8. The fourth-order valence-electron chi connectivity index (χ4n) is 3.02. The van der Waals surface area contributed by atoms with Crippen molar-refractivity contribution in [1.82, 2.24) is 9.62 Å². The predicted molar refractivity (Wildman–Crippen MR) is 92.2 cm³/mol. The second-order valence-electron chi connectivity index (χ2n) is 6.73. The minimum absolute atomic E-state index is 0.00152. The molecule has 1 heterocycles. The maximum atomic E-state index is 12.8. The second-order valence-corrected chi connectivity index (χ2v) is 8.50. The Hall–Kier alpha value is -1.97. The summed E-state index contributed by atoms with van der Waals surface area (Å²) in [5, 5.41) is 9.35. The number of ether oxygens (including phenoxy) is 1. The summed E-state index contributed by atoms with van der Waals surface area (Å²) in [5.74, 6) is -1.23. The van der Waals surface area contributed by atoms with E-state index in [1.807, 2.05) is 0 Å². The Balaban J connectivity index is 1.80. The molecule has 0 spiro atoms. The largest absolute Gasteiger partial charge is 0.480 e. The molecule has 8 nitrogen and oxygen atoms in total. The fraction of sp³-hybridized carbons (Fsp3) is 0.529. The van der Waals surface area contributed by atoms with E-state index in [1.54, 1.807) is 0 Å². The highest BCUT2D eigenvalue weighted by molar-refractivity contribution is 7.89. The van der Waals surface area contributed by atoms with Gasteiger partial charge < -0.3 is 14.7 Å². The van der Waals surface area contributed by atoms with Crippen LogP contribution in [-0.4, -0.2) is 62.6 Å². The lowest BCUT2D eigenvalue weighted by Gasteiger charge is -2.21. The number of hydrogen-bond donors (Lipinski definition) is 2. The third-order valence-corrected chi connectivity index (χ3v) is 6.21. The third kappa shape index (κ3) is 4.05. The molecule has 1 aliphatic heterocycles. The van der Waals surface area contributed by atoms with E-state index in [-0.39, 0.29) is 29.5 Å². The number of carbonyl (C=O) groups is 2. The number of hydrogen-bond acceptors (Lipinski definition) is 5. The number of amides is 1. The van der Waals surface area contributed by atoms with E-state index < -0.39 is 27.9 Å². The Morgan fingerprint density at radius 2 is 2.08 bits per heavy atom. The van der Waals surface area contributed by atoms with Gasteiger partial charge in [0.25, 0.3) is 5.91 Å². The zero-order chi connectivity index (χ0) is 18.9. The van der Waals surface area contributed by atoms with E-state index >= 15 is 0 Å². The van der Waals surface area contributed by atoms with Crippen molar-refractivity contribution in [2.75, 3.05) is 20.2 Å². The highest BCUT2D eigenvalue weighted by Gasteiger charge is 2.40. The molecule has 2 atom stereocenters. The summed E-state index contributed by atoms with van der Waals surface area (Å²) in [4.78, 5) is 25.4. The summed E-state index contributed by atoms with van der Waals surface area (Å²) in [6.07, 6.45) is 1.89. The quantitative estimate of drug-likeness (QED) is 0.717. The average Bonchev–Trinajstić information content (AvgIpc) is 3.35. The van der Waals surface area contributed by atoms with E-state index in [2.05, 4.69) is 4.72 Å². The summed E-state index contributed by atoms with van der Waals surface area (Å²) in [6, 6.07) is 4.69. The van der Waals surface area contributed by atoms with Gasteiger partial charge >= 0.3 is 5.97 Å². The number of carboxylic acid groups (broad SMARTS) is 1. The number of likely N-dealkylation sites (tertiary alicyclic amines) is 1. The standard InChI is InChI=1S/C17H22N2O6S/c1-25-13-8-15(17(21)22)19(10-13)16(20)12-3-2-4-14(7-12)26(23,24)18-9-11-5-6-11/h2-4,7,11,13,15,18H,5-6,8-10H2,1H3,(H,21,22). The first-order valence-corrected chi connectivity index (χ1v) is 9.96. The molecule has 142 valence electrons. The topological polar surface area (TPSA) is 113 Å². The molecular formula is C17H22N2O6S. The molecule has 0 radical (unpaired) electrons. The molecule has 3 rings (SSSR count). The van der Waals surface area contributed by atoms with Crippen molar-refractivity contribution in [2.45, 2.75) is 36.3 Å². The first kappa shape index (κ1) is 18.8. The number of nitrogens with one attached hydrogen (secondary N) is 1. The van der Waals surface area contributed by atoms with Gasteiger partial charge in [0.05, 0.1) is 11.0 Å². The van der Waals surface area contributed by atoms with E-state index in [9.17, 15) is 23.1 Å². The van der Waals surface area contributed by atoms with Gasteiger partial charge in [-0.25, -0.2) is 17.9 Å². The molecule has 1 aromatic rings. The lowest BCUT2D eigenvalue weighted by molar-refractivity contribution is -0.141. The van der Waals surface area contributed by atoms with Crippen LogP contribution in [0.3, 0.4) is 0 Å². The molecule has 2 N–H and O–H groups in total. The van der Waals surface area contributed by atoms with Crippen molar-refractivity contribution in [3.63, 3.8) is 0 Å². The first-order chi connectivity index (χ1) is 12.3. The number of sulfonamides is 1. The normalized spacial score (nSPS) is 23.2. The van der Waals surface area contributed by atoms with Gasteiger partial charge in [-0.1, -0.05) is 6.07 Å². The SMILES string of the molecule is COC1CC(C(=O)O)N(C(=O)c2cccc(S(=O)(=O)NCC3CC3)c2)C1. The van der Waals surface area contributed by atoms with Crippen LogP contribution in [0.2, 0.25) is 0 Å². The zero-order valence-electron chi connectivity index (χ0n) is 14.4. The Morgan fingerprint density at radius 3 is 2.69 bits per heavy atom. The molecule has 1 saturated heterocycles. The molecule has 1 saturated carbocycles. The monoisotopic (exact) mass is 382 g/mol. The molecule has 0 aromatic heterocycles. The van der Waals surface area contributed by atoms with Crippen LogP contribution in [0.25, 0.3) is 0 Å². The molecule has 1 amide bonds. The Bertz CT molecular complexity index is 805. The van der Waals surface area contributed by atoms with Crippen LogP contribution in [0.5, 0.6) is 0 Å². The molecule has 9 heteroatoms. The number of benzene rings is 1. The number of methoxy groups -OCH3 is 1. The summed E-state index contributed by atoms with van der Waals surface area (Å²) >= 11 is 0. The fourth-order valence-corrected chi connectivity index (χ4v) is 4.18. The molecule has 2 unspecified atom stereocenters. The van der Waals surface area contributed by atoms with E-state index in [4.69, 9.17) is 4.74 Å². The van der Waals surface area contributed by atoms with Crippen LogP contribution in [-0.2, 0) is 19.6 Å². The summed E-state index contributed by atoms with van der Waals surface area (Å²) in [6.45, 7) is 0.548. The molecule has 2 aliphatic rings. The second kappa shape index (κ2) is 7.34. The molecule has 1 aromatic carbocycles. The van der Waals surface area contributed by atoms with Crippen LogP contribution >= 0.6 is 0 Å². The summed E-state index contributed by atoms with van der Waals surface area (Å²) in [5.41, 5.74) is 0.141. The van der Waals surface area contributed by atoms with Gasteiger partial charge in [-0.15, -0.1) is 0 Å². The van der Waals surface area contributed by atoms with Crippen LogP contribution < -0.4 is 4.72 Å². The van der Waals surface area contributed by atoms with Crippen LogP contribution in [0.15, 0.2) is 29.2 Å². The van der Waals surface area contributed by atoms with Gasteiger partial charge in [-0.2, -0.15) is 0 Å². The lowest BCUT2D eigenvalue weighted by atomic mass is 10.1. The Kier molecular flexibility index (Phi) is 5.31. The van der Waals surface area contributed by atoms with Crippen LogP contribution in [0.1, 0.15) is 29.6 Å². The van der Waals surface area contributed by atoms with Gasteiger partial charge in [-0.3, -0.25) is 4.79 Å². The third-order valence-electron chi connectivity index (χ3n) is 4.79. The van der Waals surface area contributed by atoms with Gasteiger partial charge in [-0.05, 0) is 37.0 Å². The highest BCUT2D eigenvalue weighted by Crippen LogP contribution is 2.28. The molecule has 0 bridgehead atoms. The van der Waals surface area contributed by atoms with Gasteiger partial charge in [0.1, 0.15) is 6.04 Å². The van der Waals surface area contributed by atoms with Gasteiger partial charge in [0, 0.05) is 32.2 Å². The summed E-state index contributed by atoms with van der Waals surface area (Å²) in [7, 11) is -2.23. The van der Waals surface area contributed by atoms with Crippen LogP contribution in [0, 0.1) is 5.92 Å². The van der Waals surface area contributed by atoms with Gasteiger partial charge in [0.2, 0.25) is 10.0 Å². The molecule has 26 heavy (non-hydrogen) atoms. The minimum atomic E-state index is -3.70. The van der Waals surface area contributed by atoms with Crippen LogP contribution in [0.4, 0.5) is 0 Å². The van der Waals surface area contributed by atoms with Crippen molar-refractivity contribution in [3.8, 4) is 0 Å². The number of carboxylic acids is 1. The van der Waals surface area contributed by atoms with E-state index in [0.29, 0.717) is 12.5 Å². The number of aliphatic carboxylic acids is 1. The van der Waals surface area contributed by atoms with Crippen molar-refractivity contribution >= 4 is 21.9 Å². The molecule has 2 fully saturated rings. The van der Waals surface area contributed by atoms with Gasteiger partial charge in [0.15, 0.2) is 0 Å². The van der Waals surface area contributed by atoms with Crippen molar-refractivity contribution in [3.05, 3.63) is 29.8 Å². The number of carbonyl (C=O) groups excluding carboxylic acids is 1. The number of rotatable bonds is 7. The van der Waals surface area contributed by atoms with E-state index in [1.165, 1.54) is 36.3 Å². The Morgan fingerprint density at radius 1 is 1.35 bits per heavy atom. The minimum Gasteiger partial charge on any atom is -0.480 e. The van der Waals surface area contributed by atoms with Crippen molar-refractivity contribution in [2.24, 2.45) is 5.92 Å². The highest BCUT2D eigenvalue weighted by atomic mass is 32.2.